The lowest BCUT2D eigenvalue weighted by molar-refractivity contribution is 0.0696. The molecule has 0 amide bonds. The number of nitrogens with zero attached hydrogens (tertiary/aromatic N) is 2. The molecule has 3 rings (SSSR count). The number of hydrogen-bond donors (Lipinski definition) is 2. The van der Waals surface area contributed by atoms with E-state index in [9.17, 15) is 9.90 Å². The number of methoxy groups -OCH3 is 2. The predicted molar refractivity (Wildman–Crippen MR) is 111 cm³/mol. The number of benzene rings is 2. The molecule has 0 aliphatic rings. The van der Waals surface area contributed by atoms with Gasteiger partial charge < -0.3 is 19.9 Å². The Hall–Kier alpha value is -3.61. The summed E-state index contributed by atoms with van der Waals surface area (Å²) in [7, 11) is 3.14. The fourth-order valence-corrected chi connectivity index (χ4v) is 2.89. The normalized spacial score (nSPS) is 10.4. The molecular formula is C22H23N3O4. The van der Waals surface area contributed by atoms with Gasteiger partial charge >= 0.3 is 12.0 Å². The second-order valence-electron chi connectivity index (χ2n) is 6.48. The van der Waals surface area contributed by atoms with Gasteiger partial charge in [-0.1, -0.05) is 24.3 Å². The molecule has 2 N–H and O–H groups in total. The van der Waals surface area contributed by atoms with Crippen molar-refractivity contribution in [1.82, 2.24) is 9.97 Å². The molecule has 0 saturated carbocycles. The molecule has 0 radical (unpaired) electrons. The van der Waals surface area contributed by atoms with Crippen LogP contribution in [0.25, 0.3) is 11.3 Å². The number of aromatic nitrogens is 2. The number of anilines is 1. The highest BCUT2D eigenvalue weighted by molar-refractivity contribution is 5.91. The first-order chi connectivity index (χ1) is 14.0. The molecule has 0 spiro atoms. The smallest absolute Gasteiger partial charge is 0.335 e. The second kappa shape index (κ2) is 9.05. The number of ether oxygens (including phenoxy) is 2. The number of rotatable bonds is 8. The number of hydrogen-bond acceptors (Lipinski definition) is 6. The van der Waals surface area contributed by atoms with Gasteiger partial charge in [-0.05, 0) is 42.7 Å². The highest BCUT2D eigenvalue weighted by Gasteiger charge is 2.12. The Labute approximate surface area is 169 Å². The maximum Gasteiger partial charge on any atom is 0.335 e. The fraction of sp³-hybridized carbons (Fsp3) is 0.227. The fourth-order valence-electron chi connectivity index (χ4n) is 2.89. The molecule has 0 atom stereocenters. The maximum absolute atomic E-state index is 11.4. The van der Waals surface area contributed by atoms with Crippen LogP contribution in [0.15, 0.2) is 48.5 Å². The van der Waals surface area contributed by atoms with Gasteiger partial charge in [-0.3, -0.25) is 0 Å². The van der Waals surface area contributed by atoms with E-state index in [1.54, 1.807) is 32.2 Å². The minimum atomic E-state index is -0.969. The highest BCUT2D eigenvalue weighted by Crippen LogP contribution is 2.25. The van der Waals surface area contributed by atoms with Crippen molar-refractivity contribution in [2.45, 2.75) is 13.3 Å². The molecule has 0 fully saturated rings. The summed E-state index contributed by atoms with van der Waals surface area (Å²) < 4.78 is 10.4. The van der Waals surface area contributed by atoms with E-state index in [1.807, 2.05) is 30.3 Å². The first-order valence-corrected chi connectivity index (χ1v) is 9.14. The molecule has 1 heterocycles. The quantitative estimate of drug-likeness (QED) is 0.601. The second-order valence-corrected chi connectivity index (χ2v) is 6.48. The van der Waals surface area contributed by atoms with E-state index in [2.05, 4.69) is 15.3 Å². The van der Waals surface area contributed by atoms with E-state index in [0.717, 1.165) is 12.2 Å². The molecule has 1 aromatic heterocycles. The lowest BCUT2D eigenvalue weighted by Gasteiger charge is -2.11. The zero-order valence-electron chi connectivity index (χ0n) is 16.6. The summed E-state index contributed by atoms with van der Waals surface area (Å²) in [5.74, 6) is 0.465. The molecule has 2 aromatic carbocycles. The molecule has 3 aromatic rings. The zero-order chi connectivity index (χ0) is 20.8. The summed E-state index contributed by atoms with van der Waals surface area (Å²) in [5.41, 5.74) is 3.39. The van der Waals surface area contributed by atoms with Crippen molar-refractivity contribution in [3.8, 4) is 23.0 Å². The third-order valence-corrected chi connectivity index (χ3v) is 4.53. The summed E-state index contributed by atoms with van der Waals surface area (Å²) >= 11 is 0. The van der Waals surface area contributed by atoms with Crippen molar-refractivity contribution < 1.29 is 19.4 Å². The van der Waals surface area contributed by atoms with E-state index < -0.39 is 5.97 Å². The Kier molecular flexibility index (Phi) is 6.29. The summed E-state index contributed by atoms with van der Waals surface area (Å²) in [4.78, 5) is 20.1. The molecule has 150 valence electrons. The summed E-state index contributed by atoms with van der Waals surface area (Å²) in [6.45, 7) is 2.43. The van der Waals surface area contributed by atoms with Crippen LogP contribution in [0.4, 0.5) is 5.82 Å². The summed E-state index contributed by atoms with van der Waals surface area (Å²) in [6, 6.07) is 15.1. The molecule has 0 aliphatic carbocycles. The Morgan fingerprint density at radius 1 is 1.03 bits per heavy atom. The first-order valence-electron chi connectivity index (χ1n) is 9.14. The topological polar surface area (TPSA) is 93.6 Å². The lowest BCUT2D eigenvalue weighted by atomic mass is 10.0. The average Bonchev–Trinajstić information content (AvgIpc) is 2.74. The van der Waals surface area contributed by atoms with Gasteiger partial charge in [-0.2, -0.15) is 9.97 Å². The first kappa shape index (κ1) is 20.1. The van der Waals surface area contributed by atoms with E-state index in [4.69, 9.17) is 9.47 Å². The molecule has 0 bridgehead atoms. The van der Waals surface area contributed by atoms with Crippen LogP contribution in [-0.4, -0.2) is 41.8 Å². The Balaban J connectivity index is 1.78. The summed E-state index contributed by atoms with van der Waals surface area (Å²) in [5, 5.41) is 12.6. The number of aromatic carboxylic acids is 1. The Morgan fingerprint density at radius 2 is 1.79 bits per heavy atom. The number of aryl methyl sites for hydroxylation is 1. The standard InChI is InChI=1S/C22H23N3O4/c1-14-4-7-16(12-18(14)21(26)27)19-13-20(25-22(24-19)29-3)23-11-10-15-5-8-17(28-2)9-6-15/h4-9,12-13H,10-11H2,1-3H3,(H,26,27)(H,23,24,25). The minimum Gasteiger partial charge on any atom is -0.497 e. The van der Waals surface area contributed by atoms with Crippen LogP contribution in [0.1, 0.15) is 21.5 Å². The van der Waals surface area contributed by atoms with E-state index in [-0.39, 0.29) is 11.6 Å². The average molecular weight is 393 g/mol. The SMILES string of the molecule is COc1ccc(CCNc2cc(-c3ccc(C)c(C(=O)O)c3)nc(OC)n2)cc1. The van der Waals surface area contributed by atoms with E-state index in [0.29, 0.717) is 29.2 Å². The van der Waals surface area contributed by atoms with Gasteiger partial charge in [-0.25, -0.2) is 4.79 Å². The molecule has 7 nitrogen and oxygen atoms in total. The Bertz CT molecular complexity index is 1000. The van der Waals surface area contributed by atoms with Gasteiger partial charge in [0.2, 0.25) is 0 Å². The number of nitrogens with one attached hydrogen (secondary N) is 1. The number of carboxylic acids is 1. The molecule has 29 heavy (non-hydrogen) atoms. The molecule has 7 heteroatoms. The van der Waals surface area contributed by atoms with Gasteiger partial charge in [0.05, 0.1) is 25.5 Å². The van der Waals surface area contributed by atoms with Crippen LogP contribution in [0.5, 0.6) is 11.8 Å². The number of carboxylic acid groups (broad SMARTS) is 1. The monoisotopic (exact) mass is 393 g/mol. The highest BCUT2D eigenvalue weighted by atomic mass is 16.5. The third-order valence-electron chi connectivity index (χ3n) is 4.53. The molecule has 0 unspecified atom stereocenters. The minimum absolute atomic E-state index is 0.215. The van der Waals surface area contributed by atoms with Gasteiger partial charge in [-0.15, -0.1) is 0 Å². The van der Waals surface area contributed by atoms with Gasteiger partial charge in [0, 0.05) is 18.2 Å². The molecule has 0 saturated heterocycles. The van der Waals surface area contributed by atoms with Crippen LogP contribution in [0.2, 0.25) is 0 Å². The van der Waals surface area contributed by atoms with Crippen LogP contribution < -0.4 is 14.8 Å². The van der Waals surface area contributed by atoms with Crippen molar-refractivity contribution in [3.63, 3.8) is 0 Å². The van der Waals surface area contributed by atoms with Gasteiger partial charge in [0.1, 0.15) is 11.6 Å². The van der Waals surface area contributed by atoms with Crippen molar-refractivity contribution >= 4 is 11.8 Å². The van der Waals surface area contributed by atoms with Crippen molar-refractivity contribution in [1.29, 1.82) is 0 Å². The largest absolute Gasteiger partial charge is 0.497 e. The van der Waals surface area contributed by atoms with Gasteiger partial charge in [0.25, 0.3) is 0 Å². The summed E-state index contributed by atoms with van der Waals surface area (Å²) in [6.07, 6.45) is 0.805. The maximum atomic E-state index is 11.4. The molecular weight excluding hydrogens is 370 g/mol. The van der Waals surface area contributed by atoms with Crippen LogP contribution >= 0.6 is 0 Å². The van der Waals surface area contributed by atoms with Gasteiger partial charge in [0.15, 0.2) is 0 Å². The zero-order valence-corrected chi connectivity index (χ0v) is 16.6. The van der Waals surface area contributed by atoms with E-state index in [1.165, 1.54) is 12.7 Å². The van der Waals surface area contributed by atoms with Crippen LogP contribution in [-0.2, 0) is 6.42 Å². The lowest BCUT2D eigenvalue weighted by Crippen LogP contribution is -2.08. The van der Waals surface area contributed by atoms with Crippen LogP contribution in [0.3, 0.4) is 0 Å². The number of carbonyl (C=O) groups is 1. The van der Waals surface area contributed by atoms with E-state index >= 15 is 0 Å². The predicted octanol–water partition coefficient (Wildman–Crippen LogP) is 3.82. The third kappa shape index (κ3) is 5.01. The van der Waals surface area contributed by atoms with Crippen molar-refractivity contribution in [3.05, 3.63) is 65.2 Å². The molecule has 0 aliphatic heterocycles. The van der Waals surface area contributed by atoms with Crippen molar-refractivity contribution in [2.75, 3.05) is 26.1 Å². The van der Waals surface area contributed by atoms with Crippen molar-refractivity contribution in [2.24, 2.45) is 0 Å². The Morgan fingerprint density at radius 3 is 2.45 bits per heavy atom. The van der Waals surface area contributed by atoms with Crippen LogP contribution in [0, 0.1) is 6.92 Å².